The normalized spacial score (nSPS) is 13.0. The average Bonchev–Trinajstić information content (AvgIpc) is 3.04. The number of hydrogen-bond donors (Lipinski definition) is 3. The number of aliphatic hydroxyl groups is 1. The topological polar surface area (TPSA) is 79.6 Å². The van der Waals surface area contributed by atoms with Gasteiger partial charge in [-0.05, 0) is 23.6 Å². The molecule has 0 fully saturated rings. The van der Waals surface area contributed by atoms with Crippen LogP contribution in [0.1, 0.15) is 5.69 Å². The van der Waals surface area contributed by atoms with Crippen LogP contribution >= 0.6 is 0 Å². The van der Waals surface area contributed by atoms with Gasteiger partial charge in [-0.25, -0.2) is 9.97 Å². The van der Waals surface area contributed by atoms with Crippen LogP contribution in [0, 0.1) is 0 Å². The van der Waals surface area contributed by atoms with E-state index in [2.05, 4.69) is 15.3 Å². The number of alkyl halides is 3. The van der Waals surface area contributed by atoms with Crippen LogP contribution in [0.4, 0.5) is 19.1 Å². The maximum Gasteiger partial charge on any atom is 0.433 e. The van der Waals surface area contributed by atoms with Crippen LogP contribution in [0.25, 0.3) is 10.9 Å². The van der Waals surface area contributed by atoms with E-state index >= 15 is 0 Å². The van der Waals surface area contributed by atoms with E-state index in [1.165, 1.54) is 0 Å². The van der Waals surface area contributed by atoms with Crippen molar-refractivity contribution in [3.8, 4) is 0 Å². The number of nitrogens with zero attached hydrogens (tertiary/aromatic N) is 3. The summed E-state index contributed by atoms with van der Waals surface area (Å²) >= 11 is 0. The fourth-order valence-corrected chi connectivity index (χ4v) is 2.80. The number of nitrogens with one attached hydrogen (secondary N) is 1. The highest BCUT2D eigenvalue weighted by Gasteiger charge is 2.32. The van der Waals surface area contributed by atoms with Crippen LogP contribution in [0.2, 0.25) is 0 Å². The smallest absolute Gasteiger partial charge is 0.385 e. The highest BCUT2D eigenvalue weighted by molar-refractivity contribution is 5.79. The van der Waals surface area contributed by atoms with E-state index in [-0.39, 0.29) is 5.95 Å². The Balaban J connectivity index is 1.40. The van der Waals surface area contributed by atoms with Gasteiger partial charge in [0.25, 0.3) is 0 Å². The number of hydrogen-bond acceptors (Lipinski definition) is 4. The quantitative estimate of drug-likeness (QED) is 0.518. The summed E-state index contributed by atoms with van der Waals surface area (Å²) in [5.41, 5.74) is 0.0956. The SMILES string of the molecule is O[C@@H](C[NH2+]CCNc1nccc(C(F)(F)F)n1)Cn1ccc2ccccc21. The highest BCUT2D eigenvalue weighted by Crippen LogP contribution is 2.27. The number of anilines is 1. The average molecular weight is 380 g/mol. The number of halogens is 3. The third-order valence-corrected chi connectivity index (χ3v) is 4.10. The van der Waals surface area contributed by atoms with Gasteiger partial charge in [-0.1, -0.05) is 18.2 Å². The van der Waals surface area contributed by atoms with Gasteiger partial charge in [-0.15, -0.1) is 0 Å². The van der Waals surface area contributed by atoms with Gasteiger partial charge in [0.1, 0.15) is 18.3 Å². The van der Waals surface area contributed by atoms with E-state index in [9.17, 15) is 18.3 Å². The summed E-state index contributed by atoms with van der Waals surface area (Å²) in [5, 5.41) is 16.0. The Hall–Kier alpha value is -2.65. The molecule has 1 atom stereocenters. The summed E-state index contributed by atoms with van der Waals surface area (Å²) in [4.78, 5) is 7.22. The molecule has 0 bridgehead atoms. The van der Waals surface area contributed by atoms with Crippen LogP contribution in [-0.2, 0) is 12.7 Å². The second kappa shape index (κ2) is 8.36. The minimum absolute atomic E-state index is 0.0578. The standard InChI is InChI=1S/C18H20F3N5O/c19-18(20,21)16-5-7-23-17(25-16)24-9-8-22-11-14(27)12-26-10-6-13-3-1-2-4-15(13)26/h1-7,10,14,22,27H,8-9,11-12H2,(H,23,24,25)/p+1/t14-/m0/s1. The number of benzene rings is 1. The van der Waals surface area contributed by atoms with E-state index in [4.69, 9.17) is 0 Å². The first-order chi connectivity index (χ1) is 12.9. The first-order valence-corrected chi connectivity index (χ1v) is 8.61. The molecule has 3 rings (SSSR count). The molecular weight excluding hydrogens is 359 g/mol. The number of para-hydroxylation sites is 1. The molecule has 0 aliphatic rings. The molecule has 2 heterocycles. The zero-order valence-corrected chi connectivity index (χ0v) is 14.5. The van der Waals surface area contributed by atoms with Crippen molar-refractivity contribution in [1.82, 2.24) is 14.5 Å². The molecule has 0 saturated carbocycles. The molecule has 0 aliphatic carbocycles. The van der Waals surface area contributed by atoms with Crippen LogP contribution in [0.15, 0.2) is 48.8 Å². The molecule has 6 nitrogen and oxygen atoms in total. The Labute approximate surface area is 154 Å². The summed E-state index contributed by atoms with van der Waals surface area (Å²) in [5.74, 6) is -0.0578. The number of aromatic nitrogens is 3. The van der Waals surface area contributed by atoms with Crippen molar-refractivity contribution in [2.75, 3.05) is 25.0 Å². The number of aliphatic hydroxyl groups excluding tert-OH is 1. The van der Waals surface area contributed by atoms with Crippen molar-refractivity contribution in [2.24, 2.45) is 0 Å². The largest absolute Gasteiger partial charge is 0.433 e. The second-order valence-corrected chi connectivity index (χ2v) is 6.18. The van der Waals surface area contributed by atoms with Gasteiger partial charge in [-0.2, -0.15) is 13.2 Å². The lowest BCUT2D eigenvalue weighted by molar-refractivity contribution is -0.658. The third kappa shape index (κ3) is 5.18. The Bertz CT molecular complexity index is 881. The summed E-state index contributed by atoms with van der Waals surface area (Å²) in [6.07, 6.45) is -2.00. The Morgan fingerprint density at radius 2 is 2.00 bits per heavy atom. The van der Waals surface area contributed by atoms with Gasteiger partial charge in [0.05, 0.1) is 19.6 Å². The molecule has 0 saturated heterocycles. The Morgan fingerprint density at radius 1 is 1.19 bits per heavy atom. The van der Waals surface area contributed by atoms with Gasteiger partial charge in [0, 0.05) is 17.9 Å². The summed E-state index contributed by atoms with van der Waals surface area (Å²) in [7, 11) is 0. The van der Waals surface area contributed by atoms with Gasteiger partial charge in [0.2, 0.25) is 5.95 Å². The molecule has 0 unspecified atom stereocenters. The Kier molecular flexibility index (Phi) is 5.92. The van der Waals surface area contributed by atoms with E-state index in [0.29, 0.717) is 26.2 Å². The van der Waals surface area contributed by atoms with Crippen molar-refractivity contribution >= 4 is 16.9 Å². The Morgan fingerprint density at radius 3 is 2.81 bits per heavy atom. The number of quaternary nitrogens is 1. The second-order valence-electron chi connectivity index (χ2n) is 6.18. The van der Waals surface area contributed by atoms with Gasteiger partial charge in [0.15, 0.2) is 0 Å². The first kappa shape index (κ1) is 19.1. The monoisotopic (exact) mass is 380 g/mol. The summed E-state index contributed by atoms with van der Waals surface area (Å²) in [6, 6.07) is 10.8. The van der Waals surface area contributed by atoms with Crippen molar-refractivity contribution in [1.29, 1.82) is 0 Å². The molecule has 0 radical (unpaired) electrons. The minimum atomic E-state index is -4.49. The van der Waals surface area contributed by atoms with Gasteiger partial charge >= 0.3 is 6.18 Å². The number of rotatable bonds is 8. The van der Waals surface area contributed by atoms with Crippen molar-refractivity contribution in [3.63, 3.8) is 0 Å². The van der Waals surface area contributed by atoms with Crippen LogP contribution in [-0.4, -0.2) is 45.4 Å². The van der Waals surface area contributed by atoms with E-state index in [0.717, 1.165) is 23.2 Å². The molecular formula is C18H21F3N5O+. The predicted octanol–water partition coefficient (Wildman–Crippen LogP) is 1.49. The lowest BCUT2D eigenvalue weighted by atomic mass is 10.2. The fourth-order valence-electron chi connectivity index (χ4n) is 2.80. The van der Waals surface area contributed by atoms with E-state index < -0.39 is 18.0 Å². The minimum Gasteiger partial charge on any atom is -0.385 e. The lowest BCUT2D eigenvalue weighted by Crippen LogP contribution is -2.87. The maximum absolute atomic E-state index is 12.6. The highest BCUT2D eigenvalue weighted by atomic mass is 19.4. The predicted molar refractivity (Wildman–Crippen MR) is 95.1 cm³/mol. The van der Waals surface area contributed by atoms with Gasteiger partial charge in [-0.3, -0.25) is 0 Å². The van der Waals surface area contributed by atoms with Crippen molar-refractivity contribution < 1.29 is 23.6 Å². The molecule has 27 heavy (non-hydrogen) atoms. The number of nitrogens with two attached hydrogens (primary N) is 1. The zero-order chi connectivity index (χ0) is 19.3. The van der Waals surface area contributed by atoms with E-state index in [1.807, 2.05) is 46.4 Å². The van der Waals surface area contributed by atoms with Crippen LogP contribution in [0.5, 0.6) is 0 Å². The summed E-state index contributed by atoms with van der Waals surface area (Å²) < 4.78 is 39.8. The van der Waals surface area contributed by atoms with E-state index in [1.54, 1.807) is 0 Å². The molecule has 1 aromatic carbocycles. The molecule has 9 heteroatoms. The first-order valence-electron chi connectivity index (χ1n) is 8.61. The number of fused-ring (bicyclic) bond motifs is 1. The molecule has 2 aromatic heterocycles. The third-order valence-electron chi connectivity index (χ3n) is 4.10. The lowest BCUT2D eigenvalue weighted by Gasteiger charge is -2.12. The van der Waals surface area contributed by atoms with Crippen molar-refractivity contribution in [2.45, 2.75) is 18.8 Å². The molecule has 3 aromatic rings. The molecule has 0 amide bonds. The van der Waals surface area contributed by atoms with Crippen LogP contribution < -0.4 is 10.6 Å². The molecule has 0 aliphatic heterocycles. The fraction of sp³-hybridized carbons (Fsp3) is 0.333. The molecule has 0 spiro atoms. The summed E-state index contributed by atoms with van der Waals surface area (Å²) in [6.45, 7) is 1.93. The van der Waals surface area contributed by atoms with Crippen LogP contribution in [0.3, 0.4) is 0 Å². The molecule has 4 N–H and O–H groups in total. The molecule has 144 valence electrons. The zero-order valence-electron chi connectivity index (χ0n) is 14.5. The maximum atomic E-state index is 12.6. The van der Waals surface area contributed by atoms with Gasteiger partial charge < -0.3 is 20.3 Å². The van der Waals surface area contributed by atoms with Crippen molar-refractivity contribution in [3.05, 3.63) is 54.5 Å².